The van der Waals surface area contributed by atoms with Gasteiger partial charge in [-0.25, -0.2) is 4.98 Å². The van der Waals surface area contributed by atoms with Crippen molar-refractivity contribution in [2.45, 2.75) is 31.9 Å². The molecule has 0 amide bonds. The van der Waals surface area contributed by atoms with Crippen LogP contribution in [-0.2, 0) is 24.8 Å². The first-order valence-electron chi connectivity index (χ1n) is 9.06. The summed E-state index contributed by atoms with van der Waals surface area (Å²) in [6.07, 6.45) is 8.45. The lowest BCUT2D eigenvalue weighted by Crippen LogP contribution is -2.39. The van der Waals surface area contributed by atoms with Gasteiger partial charge in [-0.1, -0.05) is 0 Å². The van der Waals surface area contributed by atoms with Crippen molar-refractivity contribution in [3.63, 3.8) is 0 Å². The molecule has 1 fully saturated rings. The van der Waals surface area contributed by atoms with Crippen molar-refractivity contribution in [1.82, 2.24) is 24.2 Å². The first kappa shape index (κ1) is 16.5. The predicted molar refractivity (Wildman–Crippen MR) is 93.3 cm³/mol. The van der Waals surface area contributed by atoms with Gasteiger partial charge in [0.1, 0.15) is 0 Å². The number of aryl methyl sites for hydroxylation is 1. The van der Waals surface area contributed by atoms with E-state index < -0.39 is 0 Å². The second-order valence-corrected chi connectivity index (χ2v) is 7.09. The SMILES string of the molecule is Cn1ncc2c1CCOC2CN1CCC(Cn2cnccc2=O)CC1. The van der Waals surface area contributed by atoms with Crippen LogP contribution >= 0.6 is 0 Å². The highest BCUT2D eigenvalue weighted by Crippen LogP contribution is 2.29. The van der Waals surface area contributed by atoms with Crippen molar-refractivity contribution in [2.24, 2.45) is 13.0 Å². The van der Waals surface area contributed by atoms with Crippen LogP contribution in [0.25, 0.3) is 0 Å². The highest BCUT2D eigenvalue weighted by molar-refractivity contribution is 5.23. The van der Waals surface area contributed by atoms with Gasteiger partial charge in [0.2, 0.25) is 0 Å². The van der Waals surface area contributed by atoms with Gasteiger partial charge in [-0.05, 0) is 31.8 Å². The third-order valence-corrected chi connectivity index (χ3v) is 5.48. The van der Waals surface area contributed by atoms with E-state index in [1.165, 1.54) is 17.3 Å². The van der Waals surface area contributed by atoms with Crippen LogP contribution in [0.1, 0.15) is 30.2 Å². The first-order chi connectivity index (χ1) is 12.2. The fourth-order valence-corrected chi connectivity index (χ4v) is 3.97. The van der Waals surface area contributed by atoms with E-state index in [2.05, 4.69) is 15.0 Å². The minimum Gasteiger partial charge on any atom is -0.372 e. The van der Waals surface area contributed by atoms with E-state index in [4.69, 9.17) is 4.74 Å². The fourth-order valence-electron chi connectivity index (χ4n) is 3.97. The molecule has 2 aliphatic rings. The zero-order chi connectivity index (χ0) is 17.2. The van der Waals surface area contributed by atoms with E-state index in [1.54, 1.807) is 17.1 Å². The molecule has 134 valence electrons. The van der Waals surface area contributed by atoms with Crippen LogP contribution in [-0.4, -0.2) is 50.5 Å². The molecule has 25 heavy (non-hydrogen) atoms. The van der Waals surface area contributed by atoms with E-state index in [0.29, 0.717) is 5.92 Å². The molecule has 1 saturated heterocycles. The Morgan fingerprint density at radius 3 is 2.92 bits per heavy atom. The van der Waals surface area contributed by atoms with Gasteiger partial charge in [0.05, 0.1) is 25.2 Å². The molecular formula is C18H25N5O2. The summed E-state index contributed by atoms with van der Waals surface area (Å²) >= 11 is 0. The normalized spacial score (nSPS) is 22.0. The molecule has 0 N–H and O–H groups in total. The quantitative estimate of drug-likeness (QED) is 0.829. The zero-order valence-corrected chi connectivity index (χ0v) is 14.7. The maximum absolute atomic E-state index is 11.8. The molecule has 7 heteroatoms. The van der Waals surface area contributed by atoms with E-state index >= 15 is 0 Å². The van der Waals surface area contributed by atoms with E-state index in [0.717, 1.165) is 52.0 Å². The topological polar surface area (TPSA) is 65.2 Å². The number of nitrogens with zero attached hydrogens (tertiary/aromatic N) is 5. The van der Waals surface area contributed by atoms with Gasteiger partial charge in [-0.2, -0.15) is 5.10 Å². The Kier molecular flexibility index (Phi) is 4.67. The van der Waals surface area contributed by atoms with Crippen molar-refractivity contribution >= 4 is 0 Å². The third kappa shape index (κ3) is 3.52. The van der Waals surface area contributed by atoms with Crippen LogP contribution in [0.15, 0.2) is 29.6 Å². The van der Waals surface area contributed by atoms with Crippen molar-refractivity contribution in [3.05, 3.63) is 46.4 Å². The highest BCUT2D eigenvalue weighted by Gasteiger charge is 2.28. The Labute approximate surface area is 147 Å². The van der Waals surface area contributed by atoms with Gasteiger partial charge in [0.15, 0.2) is 0 Å². The number of hydrogen-bond donors (Lipinski definition) is 0. The molecule has 2 aromatic heterocycles. The predicted octanol–water partition coefficient (Wildman–Crippen LogP) is 1.00. The Morgan fingerprint density at radius 2 is 2.12 bits per heavy atom. The number of piperidine rings is 1. The van der Waals surface area contributed by atoms with Crippen LogP contribution < -0.4 is 5.56 Å². The molecule has 4 rings (SSSR count). The molecule has 1 atom stereocenters. The lowest BCUT2D eigenvalue weighted by molar-refractivity contribution is 0.00715. The second kappa shape index (κ2) is 7.09. The summed E-state index contributed by atoms with van der Waals surface area (Å²) < 4.78 is 9.71. The summed E-state index contributed by atoms with van der Waals surface area (Å²) in [5.41, 5.74) is 2.59. The monoisotopic (exact) mass is 343 g/mol. The Morgan fingerprint density at radius 1 is 1.28 bits per heavy atom. The summed E-state index contributed by atoms with van der Waals surface area (Å²) in [6.45, 7) is 4.58. The minimum absolute atomic E-state index is 0.0390. The van der Waals surface area contributed by atoms with E-state index in [-0.39, 0.29) is 11.7 Å². The van der Waals surface area contributed by atoms with Crippen LogP contribution in [0.2, 0.25) is 0 Å². The summed E-state index contributed by atoms with van der Waals surface area (Å²) in [5.74, 6) is 0.541. The Bertz CT molecular complexity index is 776. The number of likely N-dealkylation sites (tertiary alicyclic amines) is 1. The average Bonchev–Trinajstić information content (AvgIpc) is 3.01. The molecule has 0 aliphatic carbocycles. The lowest BCUT2D eigenvalue weighted by Gasteiger charge is -2.35. The standard InChI is InChI=1S/C18H25N5O2/c1-21-16-5-9-25-17(15(16)10-20-21)12-22-7-3-14(4-8-22)11-23-13-19-6-2-18(23)24/h2,6,10,13-14,17H,3-5,7-9,11-12H2,1H3. The molecular weight excluding hydrogens is 318 g/mol. The van der Waals surface area contributed by atoms with Crippen LogP contribution in [0.5, 0.6) is 0 Å². The van der Waals surface area contributed by atoms with Crippen molar-refractivity contribution in [2.75, 3.05) is 26.2 Å². The number of ether oxygens (including phenoxy) is 1. The second-order valence-electron chi connectivity index (χ2n) is 7.09. The summed E-state index contributed by atoms with van der Waals surface area (Å²) in [5, 5.41) is 4.39. The third-order valence-electron chi connectivity index (χ3n) is 5.48. The largest absolute Gasteiger partial charge is 0.372 e. The van der Waals surface area contributed by atoms with E-state index in [1.807, 2.05) is 17.9 Å². The molecule has 0 bridgehead atoms. The average molecular weight is 343 g/mol. The number of aromatic nitrogens is 4. The summed E-state index contributed by atoms with van der Waals surface area (Å²) in [4.78, 5) is 18.4. The Hall–Kier alpha value is -1.99. The molecule has 4 heterocycles. The van der Waals surface area contributed by atoms with Crippen molar-refractivity contribution in [1.29, 1.82) is 0 Å². The Balaban J connectivity index is 1.32. The molecule has 7 nitrogen and oxygen atoms in total. The summed E-state index contributed by atoms with van der Waals surface area (Å²) in [6, 6.07) is 1.53. The maximum Gasteiger partial charge on any atom is 0.253 e. The molecule has 2 aromatic rings. The van der Waals surface area contributed by atoms with Crippen LogP contribution in [0.4, 0.5) is 0 Å². The van der Waals surface area contributed by atoms with Crippen molar-refractivity contribution in [3.8, 4) is 0 Å². The number of fused-ring (bicyclic) bond motifs is 1. The van der Waals surface area contributed by atoms with Gasteiger partial charge in [-0.15, -0.1) is 0 Å². The minimum atomic E-state index is 0.0390. The number of hydrogen-bond acceptors (Lipinski definition) is 5. The molecule has 0 radical (unpaired) electrons. The van der Waals surface area contributed by atoms with Crippen LogP contribution in [0.3, 0.4) is 0 Å². The molecule has 0 spiro atoms. The van der Waals surface area contributed by atoms with Gasteiger partial charge < -0.3 is 9.64 Å². The molecule has 2 aliphatic heterocycles. The zero-order valence-electron chi connectivity index (χ0n) is 14.7. The summed E-state index contributed by atoms with van der Waals surface area (Å²) in [7, 11) is 2.01. The van der Waals surface area contributed by atoms with Crippen molar-refractivity contribution < 1.29 is 4.74 Å². The smallest absolute Gasteiger partial charge is 0.253 e. The first-order valence-corrected chi connectivity index (χ1v) is 9.06. The maximum atomic E-state index is 11.8. The van der Waals surface area contributed by atoms with E-state index in [9.17, 15) is 4.79 Å². The lowest BCUT2D eigenvalue weighted by atomic mass is 9.95. The highest BCUT2D eigenvalue weighted by atomic mass is 16.5. The van der Waals surface area contributed by atoms with Gasteiger partial charge in [-0.3, -0.25) is 14.0 Å². The number of rotatable bonds is 4. The molecule has 0 aromatic carbocycles. The van der Waals surface area contributed by atoms with Gasteiger partial charge >= 0.3 is 0 Å². The van der Waals surface area contributed by atoms with Gasteiger partial charge in [0, 0.05) is 50.1 Å². The van der Waals surface area contributed by atoms with Crippen LogP contribution in [0, 0.1) is 5.92 Å². The fraction of sp³-hybridized carbons (Fsp3) is 0.611. The molecule has 0 saturated carbocycles. The molecule has 1 unspecified atom stereocenters. The van der Waals surface area contributed by atoms with Gasteiger partial charge in [0.25, 0.3) is 5.56 Å².